The highest BCUT2D eigenvalue weighted by Gasteiger charge is 2.41. The number of benzene rings is 5. The van der Waals surface area contributed by atoms with Gasteiger partial charge < -0.3 is 20.4 Å². The van der Waals surface area contributed by atoms with Crippen LogP contribution in [0.25, 0.3) is 11.1 Å². The number of hydrogen-bond donors (Lipinski definition) is 4. The maximum absolute atomic E-state index is 10.5. The fraction of sp³-hybridized carbons (Fsp3) is 0.0625. The van der Waals surface area contributed by atoms with E-state index in [0.717, 1.165) is 38.9 Å². The minimum atomic E-state index is -1.00. The standard InChI is InChI=1S/C32H22Br4O4/c1-17-2-7-23(22(12-17)18-3-8-28(37)24(33)13-18)32(19-4-9-29(38)25(34)14-19,20-5-10-30(39)26(35)15-20)21-6-11-31(40)27(36)16-21/h2-16,37-40H,1H3. The van der Waals surface area contributed by atoms with E-state index in [1.165, 1.54) is 0 Å². The lowest BCUT2D eigenvalue weighted by Gasteiger charge is -2.39. The van der Waals surface area contributed by atoms with Crippen molar-refractivity contribution >= 4 is 63.7 Å². The van der Waals surface area contributed by atoms with Crippen LogP contribution < -0.4 is 0 Å². The molecule has 0 spiro atoms. The van der Waals surface area contributed by atoms with E-state index < -0.39 is 5.41 Å². The third kappa shape index (κ3) is 5.07. The maximum Gasteiger partial charge on any atom is 0.129 e. The Hall–Kier alpha value is -2.78. The summed E-state index contributed by atoms with van der Waals surface area (Å²) < 4.78 is 2.12. The molecule has 202 valence electrons. The predicted molar refractivity (Wildman–Crippen MR) is 172 cm³/mol. The molecule has 5 rings (SSSR count). The second-order valence-corrected chi connectivity index (χ2v) is 12.9. The summed E-state index contributed by atoms with van der Waals surface area (Å²) in [4.78, 5) is 0. The Kier molecular flexibility index (Phi) is 8.08. The van der Waals surface area contributed by atoms with Crippen molar-refractivity contribution in [1.29, 1.82) is 0 Å². The van der Waals surface area contributed by atoms with E-state index in [9.17, 15) is 20.4 Å². The van der Waals surface area contributed by atoms with Crippen molar-refractivity contribution in [2.24, 2.45) is 0 Å². The van der Waals surface area contributed by atoms with Crippen LogP contribution in [0.3, 0.4) is 0 Å². The molecular formula is C32H22Br4O4. The lowest BCUT2D eigenvalue weighted by molar-refractivity contribution is 0.470. The molecular weight excluding hydrogens is 768 g/mol. The monoisotopic (exact) mass is 786 g/mol. The van der Waals surface area contributed by atoms with Gasteiger partial charge in [0.2, 0.25) is 0 Å². The quantitative estimate of drug-likeness (QED) is 0.134. The summed E-state index contributed by atoms with van der Waals surface area (Å²) in [6.45, 7) is 2.02. The number of rotatable bonds is 5. The van der Waals surface area contributed by atoms with Crippen molar-refractivity contribution in [3.8, 4) is 34.1 Å². The van der Waals surface area contributed by atoms with Crippen molar-refractivity contribution in [3.63, 3.8) is 0 Å². The van der Waals surface area contributed by atoms with Crippen molar-refractivity contribution in [2.45, 2.75) is 12.3 Å². The van der Waals surface area contributed by atoms with Gasteiger partial charge in [0.15, 0.2) is 0 Å². The summed E-state index contributed by atoms with van der Waals surface area (Å²) in [5.41, 5.74) is 5.22. The average molecular weight is 790 g/mol. The van der Waals surface area contributed by atoms with Crippen LogP contribution in [0.15, 0.2) is 109 Å². The average Bonchev–Trinajstić information content (AvgIpc) is 2.92. The molecule has 0 amide bonds. The topological polar surface area (TPSA) is 80.9 Å². The molecule has 0 aliphatic rings. The number of halogens is 4. The lowest BCUT2D eigenvalue weighted by atomic mass is 9.63. The van der Waals surface area contributed by atoms with Crippen molar-refractivity contribution in [2.75, 3.05) is 0 Å². The van der Waals surface area contributed by atoms with Crippen LogP contribution in [0.1, 0.15) is 27.8 Å². The van der Waals surface area contributed by atoms with Gasteiger partial charge in [-0.25, -0.2) is 0 Å². The van der Waals surface area contributed by atoms with Gasteiger partial charge in [-0.05, 0) is 153 Å². The molecule has 0 saturated heterocycles. The van der Waals surface area contributed by atoms with E-state index in [2.05, 4.69) is 75.9 Å². The zero-order valence-electron chi connectivity index (χ0n) is 21.0. The van der Waals surface area contributed by atoms with Gasteiger partial charge in [0.25, 0.3) is 0 Å². The minimum Gasteiger partial charge on any atom is -0.507 e. The van der Waals surface area contributed by atoms with Gasteiger partial charge in [-0.15, -0.1) is 0 Å². The highest BCUT2D eigenvalue weighted by Crippen LogP contribution is 2.52. The smallest absolute Gasteiger partial charge is 0.129 e. The molecule has 0 saturated carbocycles. The van der Waals surface area contributed by atoms with Crippen LogP contribution in [0.2, 0.25) is 0 Å². The van der Waals surface area contributed by atoms with Gasteiger partial charge in [-0.3, -0.25) is 0 Å². The molecule has 0 aliphatic carbocycles. The molecule has 4 N–H and O–H groups in total. The first kappa shape index (κ1) is 28.7. The number of aryl methyl sites for hydroxylation is 1. The fourth-order valence-electron chi connectivity index (χ4n) is 5.09. The summed E-state index contributed by atoms with van der Waals surface area (Å²) in [5.74, 6) is 0.436. The first-order valence-corrected chi connectivity index (χ1v) is 15.3. The Labute approximate surface area is 265 Å². The highest BCUT2D eigenvalue weighted by molar-refractivity contribution is 9.11. The van der Waals surface area contributed by atoms with Gasteiger partial charge in [0, 0.05) is 0 Å². The van der Waals surface area contributed by atoms with Gasteiger partial charge in [-0.2, -0.15) is 0 Å². The van der Waals surface area contributed by atoms with Gasteiger partial charge in [-0.1, -0.05) is 48.0 Å². The zero-order chi connectivity index (χ0) is 28.8. The normalized spacial score (nSPS) is 11.5. The van der Waals surface area contributed by atoms with Gasteiger partial charge >= 0.3 is 0 Å². The van der Waals surface area contributed by atoms with Gasteiger partial charge in [0.05, 0.1) is 23.3 Å². The fourth-order valence-corrected chi connectivity index (χ4v) is 6.60. The second kappa shape index (κ2) is 11.2. The number of phenols is 4. The van der Waals surface area contributed by atoms with Crippen molar-refractivity contribution in [1.82, 2.24) is 0 Å². The Morgan fingerprint density at radius 1 is 0.475 bits per heavy atom. The van der Waals surface area contributed by atoms with E-state index in [0.29, 0.717) is 17.9 Å². The molecule has 4 nitrogen and oxygen atoms in total. The Morgan fingerprint density at radius 3 is 1.27 bits per heavy atom. The summed E-state index contributed by atoms with van der Waals surface area (Å²) in [7, 11) is 0. The maximum atomic E-state index is 10.5. The Balaban J connectivity index is 2.02. The van der Waals surface area contributed by atoms with Crippen LogP contribution in [0, 0.1) is 6.92 Å². The number of phenolic OH excluding ortho intramolecular Hbond substituents is 4. The number of hydrogen-bond acceptors (Lipinski definition) is 4. The second-order valence-electron chi connectivity index (χ2n) is 9.46. The minimum absolute atomic E-state index is 0.100. The molecule has 0 radical (unpaired) electrons. The third-order valence-corrected chi connectivity index (χ3v) is 9.52. The largest absolute Gasteiger partial charge is 0.507 e. The van der Waals surface area contributed by atoms with Crippen molar-refractivity contribution < 1.29 is 20.4 Å². The molecule has 40 heavy (non-hydrogen) atoms. The summed E-state index contributed by atoms with van der Waals surface area (Å²) >= 11 is 14.0. The molecule has 0 heterocycles. The van der Waals surface area contributed by atoms with Crippen molar-refractivity contribution in [3.05, 3.63) is 137 Å². The van der Waals surface area contributed by atoms with Crippen LogP contribution >= 0.6 is 63.7 Å². The molecule has 0 unspecified atom stereocenters. The van der Waals surface area contributed by atoms with E-state index >= 15 is 0 Å². The first-order chi connectivity index (χ1) is 19.0. The molecule has 0 atom stereocenters. The molecule has 0 aromatic heterocycles. The van der Waals surface area contributed by atoms with Gasteiger partial charge in [0.1, 0.15) is 23.0 Å². The Morgan fingerprint density at radius 2 is 0.875 bits per heavy atom. The SMILES string of the molecule is Cc1ccc(C(c2ccc(O)c(Br)c2)(c2ccc(O)c(Br)c2)c2ccc(O)c(Br)c2)c(-c2ccc(O)c(Br)c2)c1. The first-order valence-electron chi connectivity index (χ1n) is 12.1. The summed E-state index contributed by atoms with van der Waals surface area (Å²) in [6.07, 6.45) is 0. The van der Waals surface area contributed by atoms with E-state index in [4.69, 9.17) is 0 Å². The highest BCUT2D eigenvalue weighted by atomic mass is 79.9. The zero-order valence-corrected chi connectivity index (χ0v) is 27.3. The third-order valence-electron chi connectivity index (χ3n) is 6.98. The van der Waals surface area contributed by atoms with E-state index in [-0.39, 0.29) is 23.0 Å². The molecule has 0 aliphatic heterocycles. The molecule has 5 aromatic rings. The molecule has 0 fully saturated rings. The summed E-state index contributed by atoms with van der Waals surface area (Å²) in [6, 6.07) is 27.8. The van der Waals surface area contributed by atoms with Crippen LogP contribution in [-0.4, -0.2) is 20.4 Å². The molecule has 8 heteroatoms. The Bertz CT molecular complexity index is 1640. The predicted octanol–water partition coefficient (Wildman–Crippen LogP) is 9.92. The van der Waals surface area contributed by atoms with E-state index in [1.807, 2.05) is 61.5 Å². The van der Waals surface area contributed by atoms with Crippen LogP contribution in [0.4, 0.5) is 0 Å². The van der Waals surface area contributed by atoms with Crippen LogP contribution in [-0.2, 0) is 5.41 Å². The molecule has 0 bridgehead atoms. The van der Waals surface area contributed by atoms with E-state index in [1.54, 1.807) is 24.3 Å². The lowest BCUT2D eigenvalue weighted by Crippen LogP contribution is -2.32. The molecule has 5 aromatic carbocycles. The van der Waals surface area contributed by atoms with Crippen LogP contribution in [0.5, 0.6) is 23.0 Å². The summed E-state index contributed by atoms with van der Waals surface area (Å²) in [5, 5.41) is 41.6. The number of aromatic hydroxyl groups is 4.